The Morgan fingerprint density at radius 2 is 2.00 bits per heavy atom. The number of aromatic nitrogens is 1. The Morgan fingerprint density at radius 3 is 2.57 bits per heavy atom. The molecule has 3 aromatic rings. The van der Waals surface area contributed by atoms with Crippen molar-refractivity contribution in [3.63, 3.8) is 0 Å². The van der Waals surface area contributed by atoms with Crippen LogP contribution in [0.5, 0.6) is 0 Å². The van der Waals surface area contributed by atoms with E-state index in [4.69, 9.17) is 11.1 Å². The van der Waals surface area contributed by atoms with Crippen LogP contribution in [0.3, 0.4) is 0 Å². The third-order valence-corrected chi connectivity index (χ3v) is 5.27. The van der Waals surface area contributed by atoms with Crippen LogP contribution in [0.2, 0.25) is 0 Å². The number of carbonyl (C=O) groups is 1. The Hall–Kier alpha value is -3.66. The second-order valence-corrected chi connectivity index (χ2v) is 7.89. The summed E-state index contributed by atoms with van der Waals surface area (Å²) >= 11 is 0. The molecule has 1 aromatic heterocycles. The molecule has 0 unspecified atom stereocenters. The first kappa shape index (κ1) is 21.1. The molecular formula is C23H23FN4O2. The molecule has 1 heterocycles. The molecule has 0 bridgehead atoms. The van der Waals surface area contributed by atoms with E-state index in [0.717, 1.165) is 28.4 Å². The number of nitrogens with zero attached hydrogens (tertiary/aromatic N) is 2. The van der Waals surface area contributed by atoms with Crippen molar-refractivity contribution in [3.05, 3.63) is 59.0 Å². The van der Waals surface area contributed by atoms with Gasteiger partial charge >= 0.3 is 5.97 Å². The van der Waals surface area contributed by atoms with E-state index in [2.05, 4.69) is 6.07 Å². The highest BCUT2D eigenvalue weighted by Gasteiger charge is 2.31. The van der Waals surface area contributed by atoms with E-state index >= 15 is 0 Å². The van der Waals surface area contributed by atoms with Crippen LogP contribution in [-0.2, 0) is 16.6 Å². The third kappa shape index (κ3) is 3.77. The van der Waals surface area contributed by atoms with E-state index in [1.807, 2.05) is 18.4 Å². The maximum atomic E-state index is 13.6. The van der Waals surface area contributed by atoms with Gasteiger partial charge in [-0.1, -0.05) is 13.8 Å². The zero-order chi connectivity index (χ0) is 22.1. The number of nitrogens with one attached hydrogen (secondary N) is 1. The van der Waals surface area contributed by atoms with E-state index in [9.17, 15) is 19.6 Å². The summed E-state index contributed by atoms with van der Waals surface area (Å²) in [6, 6.07) is 11.7. The van der Waals surface area contributed by atoms with Crippen LogP contribution in [0.15, 0.2) is 36.4 Å². The number of nitriles is 1. The number of benzene rings is 2. The normalized spacial score (nSPS) is 11.4. The van der Waals surface area contributed by atoms with Crippen molar-refractivity contribution >= 4 is 28.8 Å². The molecular weight excluding hydrogens is 383 g/mol. The van der Waals surface area contributed by atoms with Crippen LogP contribution in [0, 0.1) is 22.6 Å². The first-order valence-electron chi connectivity index (χ1n) is 9.52. The van der Waals surface area contributed by atoms with Crippen LogP contribution in [-0.4, -0.2) is 21.9 Å². The lowest BCUT2D eigenvalue weighted by Crippen LogP contribution is -2.23. The molecule has 6 nitrogen and oxygen atoms in total. The maximum absolute atomic E-state index is 13.6. The van der Waals surface area contributed by atoms with Gasteiger partial charge in [0.15, 0.2) is 0 Å². The van der Waals surface area contributed by atoms with Crippen molar-refractivity contribution in [2.75, 3.05) is 5.73 Å². The molecule has 4 N–H and O–H groups in total. The highest BCUT2D eigenvalue weighted by Crippen LogP contribution is 2.40. The first-order chi connectivity index (χ1) is 14.2. The van der Waals surface area contributed by atoms with Gasteiger partial charge in [-0.05, 0) is 48.4 Å². The lowest BCUT2D eigenvalue weighted by Gasteiger charge is -2.26. The van der Waals surface area contributed by atoms with Gasteiger partial charge in [0.2, 0.25) is 0 Å². The van der Waals surface area contributed by atoms with Gasteiger partial charge < -0.3 is 20.8 Å². The standard InChI is InChI=1S/C23H23FN4O2/c1-23(2,9-10-25)22-17(7-8-21(29)30)18-12-19(27)14(13-26)11-20(18)28(22)16-5-3-15(24)4-6-16/h3-6,11-13,26H,7-9,27H2,1-2H3,(H,29,30). The van der Waals surface area contributed by atoms with Crippen molar-refractivity contribution < 1.29 is 14.3 Å². The van der Waals surface area contributed by atoms with E-state index < -0.39 is 11.4 Å². The number of carboxylic acid groups (broad SMARTS) is 1. The number of hydrogen-bond donors (Lipinski definition) is 3. The monoisotopic (exact) mass is 406 g/mol. The first-order valence-corrected chi connectivity index (χ1v) is 9.52. The minimum atomic E-state index is -0.925. The van der Waals surface area contributed by atoms with Crippen LogP contribution >= 0.6 is 0 Å². The van der Waals surface area contributed by atoms with Crippen LogP contribution in [0.1, 0.15) is 43.5 Å². The number of aryl methyl sites for hydroxylation is 1. The van der Waals surface area contributed by atoms with E-state index in [0.29, 0.717) is 16.9 Å². The van der Waals surface area contributed by atoms with Crippen LogP contribution < -0.4 is 5.73 Å². The van der Waals surface area contributed by atoms with E-state index in [1.165, 1.54) is 12.1 Å². The Labute approximate surface area is 173 Å². The topological polar surface area (TPSA) is 116 Å². The minimum Gasteiger partial charge on any atom is -0.481 e. The molecule has 0 amide bonds. The molecule has 0 spiro atoms. The highest BCUT2D eigenvalue weighted by molar-refractivity contribution is 5.98. The average Bonchev–Trinajstić information content (AvgIpc) is 3.00. The SMILES string of the molecule is CC(C)(CC#N)c1c(CCC(=O)O)c2cc(N)c(C=N)cc2n1-c1ccc(F)cc1. The Morgan fingerprint density at radius 1 is 1.33 bits per heavy atom. The number of hydrogen-bond acceptors (Lipinski definition) is 4. The molecule has 0 saturated heterocycles. The fourth-order valence-corrected chi connectivity index (χ4v) is 3.89. The summed E-state index contributed by atoms with van der Waals surface area (Å²) in [7, 11) is 0. The molecule has 0 aliphatic rings. The van der Waals surface area contributed by atoms with Gasteiger partial charge in [-0.2, -0.15) is 5.26 Å². The van der Waals surface area contributed by atoms with E-state index in [-0.39, 0.29) is 25.1 Å². The number of rotatable bonds is 7. The largest absolute Gasteiger partial charge is 0.481 e. The second-order valence-electron chi connectivity index (χ2n) is 7.89. The number of aliphatic carboxylic acids is 1. The molecule has 3 rings (SSSR count). The molecule has 0 aliphatic heterocycles. The Bertz CT molecular complexity index is 1170. The summed E-state index contributed by atoms with van der Waals surface area (Å²) in [6.45, 7) is 3.85. The molecule has 0 aliphatic carbocycles. The summed E-state index contributed by atoms with van der Waals surface area (Å²) in [5.74, 6) is -1.30. The van der Waals surface area contributed by atoms with E-state index in [1.54, 1.807) is 24.3 Å². The number of halogens is 1. The summed E-state index contributed by atoms with van der Waals surface area (Å²) in [6.07, 6.45) is 1.54. The lowest BCUT2D eigenvalue weighted by atomic mass is 9.82. The molecule has 0 radical (unpaired) electrons. The van der Waals surface area contributed by atoms with Crippen molar-refractivity contribution in [1.29, 1.82) is 10.7 Å². The zero-order valence-corrected chi connectivity index (χ0v) is 16.9. The molecule has 0 fully saturated rings. The van der Waals surface area contributed by atoms with Crippen molar-refractivity contribution in [2.24, 2.45) is 0 Å². The number of carboxylic acids is 1. The number of fused-ring (bicyclic) bond motifs is 1. The van der Waals surface area contributed by atoms with Gasteiger partial charge in [0, 0.05) is 52.5 Å². The second kappa shape index (κ2) is 7.99. The van der Waals surface area contributed by atoms with Crippen molar-refractivity contribution in [2.45, 2.75) is 38.5 Å². The average molecular weight is 406 g/mol. The zero-order valence-electron chi connectivity index (χ0n) is 16.9. The fraction of sp³-hybridized carbons (Fsp3) is 0.261. The Kier molecular flexibility index (Phi) is 5.61. The Balaban J connectivity index is 2.47. The van der Waals surface area contributed by atoms with Gasteiger partial charge in [-0.25, -0.2) is 4.39 Å². The molecule has 154 valence electrons. The quantitative estimate of drug-likeness (QED) is 0.394. The van der Waals surface area contributed by atoms with Gasteiger partial charge in [-0.15, -0.1) is 0 Å². The van der Waals surface area contributed by atoms with Gasteiger partial charge in [-0.3, -0.25) is 4.79 Å². The van der Waals surface area contributed by atoms with Crippen LogP contribution in [0.4, 0.5) is 10.1 Å². The molecule has 2 aromatic carbocycles. The summed E-state index contributed by atoms with van der Waals surface area (Å²) in [5, 5.41) is 27.1. The highest BCUT2D eigenvalue weighted by atomic mass is 19.1. The molecule has 0 saturated carbocycles. The van der Waals surface area contributed by atoms with Crippen molar-refractivity contribution in [3.8, 4) is 11.8 Å². The van der Waals surface area contributed by atoms with Gasteiger partial charge in [0.25, 0.3) is 0 Å². The molecule has 30 heavy (non-hydrogen) atoms. The number of nitrogen functional groups attached to an aromatic ring is 1. The minimum absolute atomic E-state index is 0.0790. The summed E-state index contributed by atoms with van der Waals surface area (Å²) in [5.41, 5.74) is 9.45. The van der Waals surface area contributed by atoms with Gasteiger partial charge in [0.1, 0.15) is 5.82 Å². The third-order valence-electron chi connectivity index (χ3n) is 5.27. The molecule has 0 atom stereocenters. The predicted octanol–water partition coefficient (Wildman–Crippen LogP) is 4.56. The van der Waals surface area contributed by atoms with Crippen LogP contribution in [0.25, 0.3) is 16.6 Å². The van der Waals surface area contributed by atoms with Crippen molar-refractivity contribution in [1.82, 2.24) is 4.57 Å². The van der Waals surface area contributed by atoms with Gasteiger partial charge in [0.05, 0.1) is 11.6 Å². The number of anilines is 1. The smallest absolute Gasteiger partial charge is 0.303 e. The predicted molar refractivity (Wildman–Crippen MR) is 115 cm³/mol. The molecule has 7 heteroatoms. The maximum Gasteiger partial charge on any atom is 0.303 e. The lowest BCUT2D eigenvalue weighted by molar-refractivity contribution is -0.136. The summed E-state index contributed by atoms with van der Waals surface area (Å²) < 4.78 is 15.5. The summed E-state index contributed by atoms with van der Waals surface area (Å²) in [4.78, 5) is 11.3. The number of nitrogens with two attached hydrogens (primary N) is 1. The fourth-order valence-electron chi connectivity index (χ4n) is 3.89.